The van der Waals surface area contributed by atoms with Crippen LogP contribution in [0.3, 0.4) is 0 Å². The standard InChI is InChI=1S/C27H26N2O5S/c1-18-16-25(28-19(2)30)14-12-23(18)10-8-21-4-6-22(7-5-21)9-11-24-13-15-26(29-20(3)31)17-27(24)35(32,33)34/h4-17H,1-3H3,(H,28,30)(H,29,31)(H,32,33,34)/b10-8+,11-9+. The van der Waals surface area contributed by atoms with Crippen molar-refractivity contribution in [2.75, 3.05) is 10.6 Å². The molecule has 7 nitrogen and oxygen atoms in total. The molecule has 0 bridgehead atoms. The first-order valence-corrected chi connectivity index (χ1v) is 12.2. The largest absolute Gasteiger partial charge is 0.326 e. The van der Waals surface area contributed by atoms with Crippen LogP contribution in [0.5, 0.6) is 0 Å². The third-order valence-electron chi connectivity index (χ3n) is 5.05. The Kier molecular flexibility index (Phi) is 8.01. The molecule has 0 saturated heterocycles. The van der Waals surface area contributed by atoms with E-state index >= 15 is 0 Å². The quantitative estimate of drug-likeness (QED) is 0.299. The van der Waals surface area contributed by atoms with Gasteiger partial charge < -0.3 is 10.6 Å². The van der Waals surface area contributed by atoms with Crippen LogP contribution in [0.2, 0.25) is 0 Å². The van der Waals surface area contributed by atoms with Gasteiger partial charge in [0.25, 0.3) is 10.1 Å². The predicted molar refractivity (Wildman–Crippen MR) is 140 cm³/mol. The van der Waals surface area contributed by atoms with Gasteiger partial charge in [-0.3, -0.25) is 14.1 Å². The Labute approximate surface area is 205 Å². The van der Waals surface area contributed by atoms with Crippen molar-refractivity contribution in [3.63, 3.8) is 0 Å². The number of rotatable bonds is 7. The van der Waals surface area contributed by atoms with Gasteiger partial charge in [0.2, 0.25) is 11.8 Å². The maximum Gasteiger partial charge on any atom is 0.295 e. The number of anilines is 2. The molecule has 3 aromatic rings. The molecule has 0 atom stereocenters. The number of carbonyl (C=O) groups is 2. The third-order valence-corrected chi connectivity index (χ3v) is 5.96. The van der Waals surface area contributed by atoms with Gasteiger partial charge in [-0.15, -0.1) is 0 Å². The van der Waals surface area contributed by atoms with Crippen LogP contribution in [0.25, 0.3) is 24.3 Å². The lowest BCUT2D eigenvalue weighted by Crippen LogP contribution is -2.08. The van der Waals surface area contributed by atoms with E-state index in [2.05, 4.69) is 10.6 Å². The average molecular weight is 491 g/mol. The van der Waals surface area contributed by atoms with Crippen molar-refractivity contribution in [2.24, 2.45) is 0 Å². The van der Waals surface area contributed by atoms with Crippen LogP contribution >= 0.6 is 0 Å². The van der Waals surface area contributed by atoms with Gasteiger partial charge >= 0.3 is 0 Å². The van der Waals surface area contributed by atoms with Crippen molar-refractivity contribution in [3.05, 3.63) is 88.5 Å². The van der Waals surface area contributed by atoms with Gasteiger partial charge in [-0.05, 0) is 59.0 Å². The van der Waals surface area contributed by atoms with E-state index in [9.17, 15) is 22.6 Å². The number of benzene rings is 3. The summed E-state index contributed by atoms with van der Waals surface area (Å²) in [5.41, 5.74) is 5.21. The predicted octanol–water partition coefficient (Wildman–Crippen LogP) is 5.50. The van der Waals surface area contributed by atoms with E-state index in [0.29, 0.717) is 5.56 Å². The van der Waals surface area contributed by atoms with Crippen LogP contribution in [0.15, 0.2) is 65.6 Å². The SMILES string of the molecule is CC(=O)Nc1ccc(/C=C/c2ccc(/C=C/c3ccc(NC(C)=O)cc3S(=O)(=O)O)cc2)c(C)c1. The Morgan fingerprint density at radius 2 is 1.17 bits per heavy atom. The minimum atomic E-state index is -4.48. The molecule has 2 amide bonds. The van der Waals surface area contributed by atoms with Crippen LogP contribution in [0, 0.1) is 6.92 Å². The van der Waals surface area contributed by atoms with Gasteiger partial charge in [-0.2, -0.15) is 8.42 Å². The fourth-order valence-corrected chi connectivity index (χ4v) is 4.12. The van der Waals surface area contributed by atoms with E-state index in [1.807, 2.05) is 61.5 Å². The molecule has 0 aliphatic heterocycles. The van der Waals surface area contributed by atoms with Crippen LogP contribution < -0.4 is 10.6 Å². The molecule has 0 fully saturated rings. The number of aryl methyl sites for hydroxylation is 1. The average Bonchev–Trinajstić information content (AvgIpc) is 2.77. The molecule has 180 valence electrons. The summed E-state index contributed by atoms with van der Waals surface area (Å²) in [5, 5.41) is 5.27. The summed E-state index contributed by atoms with van der Waals surface area (Å²) < 4.78 is 33.2. The molecule has 35 heavy (non-hydrogen) atoms. The van der Waals surface area contributed by atoms with Gasteiger partial charge in [-0.1, -0.05) is 60.7 Å². The molecule has 3 rings (SSSR count). The Morgan fingerprint density at radius 1 is 0.714 bits per heavy atom. The summed E-state index contributed by atoms with van der Waals surface area (Å²) in [7, 11) is -4.48. The summed E-state index contributed by atoms with van der Waals surface area (Å²) in [6, 6.07) is 17.7. The zero-order valence-corrected chi connectivity index (χ0v) is 20.4. The lowest BCUT2D eigenvalue weighted by Gasteiger charge is -2.07. The molecule has 0 aliphatic rings. The summed E-state index contributed by atoms with van der Waals surface area (Å²) >= 11 is 0. The lowest BCUT2D eigenvalue weighted by atomic mass is 10.0. The highest BCUT2D eigenvalue weighted by Crippen LogP contribution is 2.23. The van der Waals surface area contributed by atoms with Crippen molar-refractivity contribution < 1.29 is 22.6 Å². The number of nitrogens with one attached hydrogen (secondary N) is 2. The second-order valence-corrected chi connectivity index (χ2v) is 9.38. The zero-order chi connectivity index (χ0) is 25.6. The van der Waals surface area contributed by atoms with Crippen molar-refractivity contribution in [3.8, 4) is 0 Å². The Balaban J connectivity index is 1.76. The molecule has 0 heterocycles. The molecule has 0 spiro atoms. The maximum absolute atomic E-state index is 11.8. The molecule has 0 radical (unpaired) electrons. The van der Waals surface area contributed by atoms with Crippen molar-refractivity contribution in [2.45, 2.75) is 25.7 Å². The van der Waals surface area contributed by atoms with E-state index in [4.69, 9.17) is 0 Å². The summed E-state index contributed by atoms with van der Waals surface area (Å²) in [5.74, 6) is -0.459. The van der Waals surface area contributed by atoms with E-state index < -0.39 is 10.1 Å². The normalized spacial score (nSPS) is 11.7. The van der Waals surface area contributed by atoms with Crippen molar-refractivity contribution in [1.29, 1.82) is 0 Å². The second-order valence-electron chi connectivity index (χ2n) is 7.99. The first-order chi connectivity index (χ1) is 16.5. The Morgan fingerprint density at radius 3 is 1.63 bits per heavy atom. The summed E-state index contributed by atoms with van der Waals surface area (Å²) in [4.78, 5) is 22.1. The van der Waals surface area contributed by atoms with Gasteiger partial charge in [0.1, 0.15) is 4.90 Å². The molecular weight excluding hydrogens is 464 g/mol. The van der Waals surface area contributed by atoms with E-state index in [1.54, 1.807) is 18.2 Å². The highest BCUT2D eigenvalue weighted by molar-refractivity contribution is 7.86. The molecule has 3 aromatic carbocycles. The molecule has 0 aliphatic carbocycles. The Hall–Kier alpha value is -4.01. The van der Waals surface area contributed by atoms with Gasteiger partial charge in [0, 0.05) is 25.2 Å². The number of hydrogen-bond donors (Lipinski definition) is 3. The maximum atomic E-state index is 11.8. The smallest absolute Gasteiger partial charge is 0.295 e. The lowest BCUT2D eigenvalue weighted by molar-refractivity contribution is -0.115. The first kappa shape index (κ1) is 25.6. The van der Waals surface area contributed by atoms with E-state index in [0.717, 1.165) is 27.9 Å². The van der Waals surface area contributed by atoms with Gasteiger partial charge in [0.05, 0.1) is 0 Å². The minimum Gasteiger partial charge on any atom is -0.326 e. The first-order valence-electron chi connectivity index (χ1n) is 10.7. The number of hydrogen-bond acceptors (Lipinski definition) is 4. The van der Waals surface area contributed by atoms with Crippen molar-refractivity contribution >= 4 is 57.6 Å². The number of carbonyl (C=O) groups excluding carboxylic acids is 2. The van der Waals surface area contributed by atoms with Gasteiger partial charge in [0.15, 0.2) is 0 Å². The summed E-state index contributed by atoms with van der Waals surface area (Å²) in [6.45, 7) is 4.76. The molecule has 3 N–H and O–H groups in total. The molecule has 0 aromatic heterocycles. The molecule has 0 unspecified atom stereocenters. The van der Waals surface area contributed by atoms with E-state index in [-0.39, 0.29) is 22.4 Å². The van der Waals surface area contributed by atoms with E-state index in [1.165, 1.54) is 26.0 Å². The Bertz CT molecular complexity index is 1420. The van der Waals surface area contributed by atoms with Crippen molar-refractivity contribution in [1.82, 2.24) is 0 Å². The number of amides is 2. The topological polar surface area (TPSA) is 113 Å². The third kappa shape index (κ3) is 7.49. The molecule has 0 saturated carbocycles. The fourth-order valence-electron chi connectivity index (χ4n) is 3.41. The van der Waals surface area contributed by atoms with Crippen LogP contribution in [-0.2, 0) is 19.7 Å². The van der Waals surface area contributed by atoms with Gasteiger partial charge in [-0.25, -0.2) is 0 Å². The molecule has 8 heteroatoms. The van der Waals surface area contributed by atoms with Crippen LogP contribution in [0.4, 0.5) is 11.4 Å². The zero-order valence-electron chi connectivity index (χ0n) is 19.6. The van der Waals surface area contributed by atoms with Crippen LogP contribution in [0.1, 0.15) is 41.7 Å². The molecular formula is C27H26N2O5S. The fraction of sp³-hybridized carbons (Fsp3) is 0.111. The summed E-state index contributed by atoms with van der Waals surface area (Å²) in [6.07, 6.45) is 7.30. The second kappa shape index (κ2) is 10.9. The van der Waals surface area contributed by atoms with Crippen LogP contribution in [-0.4, -0.2) is 24.8 Å². The highest BCUT2D eigenvalue weighted by Gasteiger charge is 2.15. The minimum absolute atomic E-state index is 0.113. The monoisotopic (exact) mass is 490 g/mol. The highest BCUT2D eigenvalue weighted by atomic mass is 32.2.